The molecule has 0 bridgehead atoms. The van der Waals surface area contributed by atoms with Crippen molar-refractivity contribution in [1.29, 1.82) is 0 Å². The Hall–Kier alpha value is -2.22. The minimum absolute atomic E-state index is 0.338. The number of aromatic nitrogens is 1. The van der Waals surface area contributed by atoms with E-state index < -0.39 is 10.0 Å². The molecule has 3 aromatic rings. The summed E-state index contributed by atoms with van der Waals surface area (Å²) < 4.78 is 32.8. The fraction of sp³-hybridized carbons (Fsp3) is 0.250. The first-order valence-corrected chi connectivity index (χ1v) is 11.1. The van der Waals surface area contributed by atoms with Crippen molar-refractivity contribution >= 4 is 21.4 Å². The molecule has 0 fully saturated rings. The zero-order chi connectivity index (χ0) is 18.9. The van der Waals surface area contributed by atoms with Crippen LogP contribution in [0, 0.1) is 0 Å². The van der Waals surface area contributed by atoms with Gasteiger partial charge in [0.1, 0.15) is 10.8 Å². The van der Waals surface area contributed by atoms with Gasteiger partial charge in [-0.3, -0.25) is 0 Å². The number of ether oxygens (including phenoxy) is 1. The lowest BCUT2D eigenvalue weighted by atomic mass is 10.2. The normalized spacial score (nSPS) is 14.7. The van der Waals surface area contributed by atoms with Crippen LogP contribution in [0.4, 0.5) is 0 Å². The third-order valence-corrected chi connectivity index (χ3v) is 7.48. The summed E-state index contributed by atoms with van der Waals surface area (Å²) in [6.07, 6.45) is 0.634. The first kappa shape index (κ1) is 18.2. The first-order chi connectivity index (χ1) is 13.1. The van der Waals surface area contributed by atoms with Crippen LogP contribution in [-0.4, -0.2) is 30.9 Å². The second-order valence-electron chi connectivity index (χ2n) is 6.25. The summed E-state index contributed by atoms with van der Waals surface area (Å²) in [5, 5.41) is 0.919. The van der Waals surface area contributed by atoms with Crippen LogP contribution in [-0.2, 0) is 23.0 Å². The lowest BCUT2D eigenvalue weighted by Crippen LogP contribution is -2.35. The third kappa shape index (κ3) is 3.63. The molecule has 0 spiro atoms. The van der Waals surface area contributed by atoms with E-state index in [-0.39, 0.29) is 0 Å². The van der Waals surface area contributed by atoms with Gasteiger partial charge in [0.15, 0.2) is 0 Å². The van der Waals surface area contributed by atoms with Crippen LogP contribution < -0.4 is 4.74 Å². The van der Waals surface area contributed by atoms with Crippen LogP contribution in [0.25, 0.3) is 10.6 Å². The largest absolute Gasteiger partial charge is 0.494 e. The predicted molar refractivity (Wildman–Crippen MR) is 106 cm³/mol. The van der Waals surface area contributed by atoms with Crippen molar-refractivity contribution in [1.82, 2.24) is 9.29 Å². The molecule has 0 aliphatic carbocycles. The molecule has 0 radical (unpaired) electrons. The summed E-state index contributed by atoms with van der Waals surface area (Å²) in [7, 11) is -3.48. The molecule has 0 unspecified atom stereocenters. The van der Waals surface area contributed by atoms with Crippen LogP contribution in [0.2, 0.25) is 0 Å². The second-order valence-corrected chi connectivity index (χ2v) is 9.27. The molecule has 2 aromatic carbocycles. The molecule has 140 valence electrons. The molecule has 0 atom stereocenters. The van der Waals surface area contributed by atoms with Crippen molar-refractivity contribution in [2.24, 2.45) is 0 Å². The Morgan fingerprint density at radius 3 is 2.56 bits per heavy atom. The van der Waals surface area contributed by atoms with Gasteiger partial charge in [0, 0.05) is 23.4 Å². The highest BCUT2D eigenvalue weighted by Gasteiger charge is 2.30. The Labute approximate surface area is 163 Å². The van der Waals surface area contributed by atoms with Crippen molar-refractivity contribution in [2.45, 2.75) is 24.8 Å². The zero-order valence-electron chi connectivity index (χ0n) is 15.0. The molecule has 4 rings (SSSR count). The van der Waals surface area contributed by atoms with Gasteiger partial charge in [-0.05, 0) is 43.3 Å². The lowest BCUT2D eigenvalue weighted by molar-refractivity contribution is 0.340. The second kappa shape index (κ2) is 7.42. The quantitative estimate of drug-likeness (QED) is 0.651. The van der Waals surface area contributed by atoms with E-state index in [4.69, 9.17) is 9.72 Å². The average molecular weight is 401 g/mol. The number of hydrogen-bond acceptors (Lipinski definition) is 5. The summed E-state index contributed by atoms with van der Waals surface area (Å²) in [5.41, 5.74) is 2.03. The fourth-order valence-corrected chi connectivity index (χ4v) is 5.74. The Kier molecular flexibility index (Phi) is 4.99. The van der Waals surface area contributed by atoms with E-state index in [1.54, 1.807) is 39.9 Å². The number of sulfonamides is 1. The van der Waals surface area contributed by atoms with Gasteiger partial charge in [-0.15, -0.1) is 11.3 Å². The molecule has 0 N–H and O–H groups in total. The number of fused-ring (bicyclic) bond motifs is 1. The maximum atomic E-state index is 12.9. The SMILES string of the molecule is CCOc1ccc(-c2nc3c(s2)CN(S(=O)(=O)c2ccccc2)CC3)cc1. The van der Waals surface area contributed by atoms with Gasteiger partial charge < -0.3 is 4.74 Å². The number of rotatable bonds is 5. The van der Waals surface area contributed by atoms with E-state index >= 15 is 0 Å². The maximum absolute atomic E-state index is 12.9. The highest BCUT2D eigenvalue weighted by Crippen LogP contribution is 2.34. The third-order valence-electron chi connectivity index (χ3n) is 4.49. The molecule has 1 aliphatic heterocycles. The molecule has 0 saturated heterocycles. The molecule has 5 nitrogen and oxygen atoms in total. The summed E-state index contributed by atoms with van der Waals surface area (Å²) >= 11 is 1.56. The minimum Gasteiger partial charge on any atom is -0.494 e. The molecule has 1 aliphatic rings. The number of nitrogens with zero attached hydrogens (tertiary/aromatic N) is 2. The van der Waals surface area contributed by atoms with Gasteiger partial charge in [-0.25, -0.2) is 13.4 Å². The molecular weight excluding hydrogens is 380 g/mol. The van der Waals surface area contributed by atoms with Gasteiger partial charge >= 0.3 is 0 Å². The number of hydrogen-bond donors (Lipinski definition) is 0. The van der Waals surface area contributed by atoms with E-state index in [9.17, 15) is 8.42 Å². The molecule has 2 heterocycles. The average Bonchev–Trinajstić information content (AvgIpc) is 3.13. The van der Waals surface area contributed by atoms with Crippen molar-refractivity contribution in [3.05, 3.63) is 65.2 Å². The summed E-state index contributed by atoms with van der Waals surface area (Å²) in [6.45, 7) is 3.42. The van der Waals surface area contributed by atoms with E-state index in [1.165, 1.54) is 0 Å². The van der Waals surface area contributed by atoms with Crippen LogP contribution in [0.5, 0.6) is 5.75 Å². The monoisotopic (exact) mass is 400 g/mol. The molecular formula is C20H20N2O3S2. The Morgan fingerprint density at radius 1 is 1.11 bits per heavy atom. The Morgan fingerprint density at radius 2 is 1.85 bits per heavy atom. The van der Waals surface area contributed by atoms with Crippen LogP contribution >= 0.6 is 11.3 Å². The van der Waals surface area contributed by atoms with Crippen molar-refractivity contribution < 1.29 is 13.2 Å². The van der Waals surface area contributed by atoms with Gasteiger partial charge in [0.2, 0.25) is 10.0 Å². The highest BCUT2D eigenvalue weighted by molar-refractivity contribution is 7.89. The van der Waals surface area contributed by atoms with E-state index in [2.05, 4.69) is 0 Å². The smallest absolute Gasteiger partial charge is 0.243 e. The topological polar surface area (TPSA) is 59.5 Å². The molecule has 7 heteroatoms. The summed E-state index contributed by atoms with van der Waals surface area (Å²) in [6, 6.07) is 16.5. The molecule has 1 aromatic heterocycles. The lowest BCUT2D eigenvalue weighted by Gasteiger charge is -2.25. The molecule has 0 saturated carbocycles. The van der Waals surface area contributed by atoms with Gasteiger partial charge in [-0.2, -0.15) is 4.31 Å². The fourth-order valence-electron chi connectivity index (χ4n) is 3.10. The van der Waals surface area contributed by atoms with Crippen LogP contribution in [0.1, 0.15) is 17.5 Å². The van der Waals surface area contributed by atoms with Gasteiger partial charge in [-0.1, -0.05) is 18.2 Å². The van der Waals surface area contributed by atoms with Gasteiger partial charge in [0.05, 0.1) is 23.7 Å². The predicted octanol–water partition coefficient (Wildman–Crippen LogP) is 3.96. The Balaban J connectivity index is 1.57. The standard InChI is InChI=1S/C20H20N2O3S2/c1-2-25-16-10-8-15(9-11-16)20-21-18-12-13-22(14-19(18)26-20)27(23,24)17-6-4-3-5-7-17/h3-11H,2,12-14H2,1H3. The van der Waals surface area contributed by atoms with Gasteiger partial charge in [0.25, 0.3) is 0 Å². The van der Waals surface area contributed by atoms with Crippen LogP contribution in [0.15, 0.2) is 59.5 Å². The van der Waals surface area contributed by atoms with Crippen molar-refractivity contribution in [3.63, 3.8) is 0 Å². The minimum atomic E-state index is -3.48. The number of thiazole rings is 1. The maximum Gasteiger partial charge on any atom is 0.243 e. The van der Waals surface area contributed by atoms with E-state index in [0.29, 0.717) is 31.0 Å². The zero-order valence-corrected chi connectivity index (χ0v) is 16.6. The van der Waals surface area contributed by atoms with Crippen molar-refractivity contribution in [3.8, 4) is 16.3 Å². The summed E-state index contributed by atoms with van der Waals surface area (Å²) in [4.78, 5) is 6.10. The number of benzene rings is 2. The Bertz CT molecular complexity index is 1030. The molecule has 0 amide bonds. The van der Waals surface area contributed by atoms with Crippen LogP contribution in [0.3, 0.4) is 0 Å². The first-order valence-electron chi connectivity index (χ1n) is 8.85. The highest BCUT2D eigenvalue weighted by atomic mass is 32.2. The van der Waals surface area contributed by atoms with Crippen molar-refractivity contribution in [2.75, 3.05) is 13.2 Å². The van der Waals surface area contributed by atoms with E-state index in [1.807, 2.05) is 37.3 Å². The molecule has 27 heavy (non-hydrogen) atoms. The summed E-state index contributed by atoms with van der Waals surface area (Å²) in [5.74, 6) is 0.836. The van der Waals surface area contributed by atoms with E-state index in [0.717, 1.165) is 26.9 Å².